The molecular weight excluding hydrogens is 230 g/mol. The van der Waals surface area contributed by atoms with E-state index < -0.39 is 0 Å². The van der Waals surface area contributed by atoms with Crippen LogP contribution >= 0.6 is 0 Å². The molecule has 2 bridgehead atoms. The largest absolute Gasteiger partial charge is 0.378 e. The van der Waals surface area contributed by atoms with Crippen molar-refractivity contribution in [3.8, 4) is 0 Å². The fourth-order valence-corrected chi connectivity index (χ4v) is 2.95. The van der Waals surface area contributed by atoms with Crippen molar-refractivity contribution >= 4 is 5.78 Å². The van der Waals surface area contributed by atoms with Crippen LogP contribution in [0.2, 0.25) is 0 Å². The van der Waals surface area contributed by atoms with Gasteiger partial charge in [0.05, 0.1) is 25.0 Å². The van der Waals surface area contributed by atoms with Crippen molar-refractivity contribution in [2.45, 2.75) is 38.4 Å². The number of carbonyl (C=O) groups excluding carboxylic acids is 1. The molecule has 1 aromatic heterocycles. The predicted molar refractivity (Wildman–Crippen MR) is 66.5 cm³/mol. The highest BCUT2D eigenvalue weighted by Gasteiger charge is 2.35. The lowest BCUT2D eigenvalue weighted by Gasteiger charge is -2.39. The van der Waals surface area contributed by atoms with Gasteiger partial charge in [-0.1, -0.05) is 0 Å². The Hall–Kier alpha value is -1.20. The summed E-state index contributed by atoms with van der Waals surface area (Å²) < 4.78 is 7.31. The fraction of sp³-hybridized carbons (Fsp3) is 0.692. The summed E-state index contributed by atoms with van der Waals surface area (Å²) in [5, 5.41) is 7.69. The Morgan fingerprint density at radius 3 is 2.83 bits per heavy atom. The summed E-state index contributed by atoms with van der Waals surface area (Å²) in [6.45, 7) is 4.29. The number of hydrogen-bond donors (Lipinski definition) is 1. The molecule has 2 saturated heterocycles. The van der Waals surface area contributed by atoms with Crippen LogP contribution in [0.1, 0.15) is 30.1 Å². The van der Waals surface area contributed by atoms with Gasteiger partial charge >= 0.3 is 0 Å². The van der Waals surface area contributed by atoms with E-state index in [1.54, 1.807) is 10.9 Å². The Morgan fingerprint density at radius 1 is 1.50 bits per heavy atom. The van der Waals surface area contributed by atoms with Gasteiger partial charge in [-0.05, 0) is 19.8 Å². The Bertz CT molecular complexity index is 431. The van der Waals surface area contributed by atoms with Crippen LogP contribution in [0.25, 0.3) is 0 Å². The number of fused-ring (bicyclic) bond motifs is 2. The minimum atomic E-state index is 0.125. The maximum absolute atomic E-state index is 12.4. The first-order valence-corrected chi connectivity index (χ1v) is 6.66. The maximum Gasteiger partial charge on any atom is 0.169 e. The summed E-state index contributed by atoms with van der Waals surface area (Å²) in [6.07, 6.45) is 5.32. The average molecular weight is 249 g/mol. The number of ether oxygens (including phenoxy) is 1. The molecule has 2 aliphatic rings. The van der Waals surface area contributed by atoms with Crippen molar-refractivity contribution in [2.75, 3.05) is 13.2 Å². The molecule has 5 heteroatoms. The lowest BCUT2D eigenvalue weighted by atomic mass is 9.83. The Morgan fingerprint density at radius 2 is 2.22 bits per heavy atom. The van der Waals surface area contributed by atoms with Gasteiger partial charge in [-0.3, -0.25) is 9.48 Å². The summed E-state index contributed by atoms with van der Waals surface area (Å²) >= 11 is 0. The molecule has 2 fully saturated rings. The number of Topliss-reactive ketones (excluding diaryl/α,β-unsaturated/α-hetero) is 1. The zero-order chi connectivity index (χ0) is 12.5. The molecular formula is C13H19N3O2. The van der Waals surface area contributed by atoms with Crippen molar-refractivity contribution in [1.29, 1.82) is 0 Å². The summed E-state index contributed by atoms with van der Waals surface area (Å²) in [4.78, 5) is 12.4. The third-order valence-corrected chi connectivity index (χ3v) is 3.86. The molecule has 3 rings (SSSR count). The van der Waals surface area contributed by atoms with E-state index in [9.17, 15) is 4.79 Å². The van der Waals surface area contributed by atoms with Gasteiger partial charge in [0.2, 0.25) is 0 Å². The molecule has 0 saturated carbocycles. The van der Waals surface area contributed by atoms with E-state index in [4.69, 9.17) is 4.74 Å². The molecule has 2 aliphatic heterocycles. The van der Waals surface area contributed by atoms with Crippen molar-refractivity contribution < 1.29 is 9.53 Å². The van der Waals surface area contributed by atoms with E-state index >= 15 is 0 Å². The van der Waals surface area contributed by atoms with Gasteiger partial charge in [-0.15, -0.1) is 0 Å². The molecule has 5 nitrogen and oxygen atoms in total. The summed E-state index contributed by atoms with van der Waals surface area (Å²) in [6, 6.07) is 0.681. The third kappa shape index (κ3) is 2.20. The number of aromatic nitrogens is 2. The maximum atomic E-state index is 12.4. The second-order valence-corrected chi connectivity index (χ2v) is 5.22. The number of aryl methyl sites for hydroxylation is 1. The highest BCUT2D eigenvalue weighted by molar-refractivity contribution is 5.97. The number of carbonyl (C=O) groups is 1. The Labute approximate surface area is 107 Å². The molecule has 0 radical (unpaired) electrons. The van der Waals surface area contributed by atoms with Gasteiger partial charge in [-0.25, -0.2) is 0 Å². The van der Waals surface area contributed by atoms with Crippen LogP contribution in [0.5, 0.6) is 0 Å². The van der Waals surface area contributed by atoms with Crippen LogP contribution in [-0.2, 0) is 11.3 Å². The third-order valence-electron chi connectivity index (χ3n) is 3.86. The second kappa shape index (κ2) is 4.82. The van der Waals surface area contributed by atoms with E-state index in [0.29, 0.717) is 12.1 Å². The standard InChI is InChI=1S/C13H19N3O2/c1-2-16-6-10(5-14-16)13(17)9-3-11-7-18-8-12(4-9)15-11/h5-6,9,11-12,15H,2-4,7-8H2,1H3. The molecule has 1 aromatic rings. The van der Waals surface area contributed by atoms with E-state index in [1.165, 1.54) is 0 Å². The highest BCUT2D eigenvalue weighted by atomic mass is 16.5. The minimum Gasteiger partial charge on any atom is -0.378 e. The van der Waals surface area contributed by atoms with Crippen LogP contribution in [0.4, 0.5) is 0 Å². The lowest BCUT2D eigenvalue weighted by molar-refractivity contribution is 0.00953. The zero-order valence-corrected chi connectivity index (χ0v) is 10.6. The zero-order valence-electron chi connectivity index (χ0n) is 10.6. The number of nitrogens with zero attached hydrogens (tertiary/aromatic N) is 2. The quantitative estimate of drug-likeness (QED) is 0.807. The second-order valence-electron chi connectivity index (χ2n) is 5.22. The summed E-state index contributed by atoms with van der Waals surface area (Å²) in [5.74, 6) is 0.368. The van der Waals surface area contributed by atoms with Gasteiger partial charge < -0.3 is 10.1 Å². The summed E-state index contributed by atoms with van der Waals surface area (Å²) in [5.41, 5.74) is 0.753. The van der Waals surface area contributed by atoms with Gasteiger partial charge in [0.25, 0.3) is 0 Å². The van der Waals surface area contributed by atoms with Gasteiger partial charge in [0.15, 0.2) is 5.78 Å². The molecule has 0 aliphatic carbocycles. The number of rotatable bonds is 3. The van der Waals surface area contributed by atoms with Gasteiger partial charge in [0, 0.05) is 30.7 Å². The van der Waals surface area contributed by atoms with Crippen LogP contribution in [0, 0.1) is 5.92 Å². The van der Waals surface area contributed by atoms with Crippen molar-refractivity contribution in [3.05, 3.63) is 18.0 Å². The molecule has 98 valence electrons. The van der Waals surface area contributed by atoms with Crippen molar-refractivity contribution in [3.63, 3.8) is 0 Å². The Kier molecular flexibility index (Phi) is 3.18. The topological polar surface area (TPSA) is 56.1 Å². The Balaban J connectivity index is 1.72. The van der Waals surface area contributed by atoms with E-state index in [1.807, 2.05) is 13.1 Å². The predicted octanol–water partition coefficient (Wildman–Crippen LogP) is 0.853. The average Bonchev–Trinajstić information content (AvgIpc) is 2.86. The van der Waals surface area contributed by atoms with Crippen molar-refractivity contribution in [2.24, 2.45) is 5.92 Å². The van der Waals surface area contributed by atoms with E-state index in [2.05, 4.69) is 10.4 Å². The number of nitrogens with one attached hydrogen (secondary N) is 1. The highest BCUT2D eigenvalue weighted by Crippen LogP contribution is 2.26. The molecule has 0 aromatic carbocycles. The summed E-state index contributed by atoms with van der Waals surface area (Å²) in [7, 11) is 0. The first-order valence-electron chi connectivity index (χ1n) is 6.66. The smallest absolute Gasteiger partial charge is 0.169 e. The fourth-order valence-electron chi connectivity index (χ4n) is 2.95. The number of morpholine rings is 1. The molecule has 2 unspecified atom stereocenters. The van der Waals surface area contributed by atoms with Crippen LogP contribution < -0.4 is 5.32 Å². The normalized spacial score (nSPS) is 31.3. The molecule has 1 N–H and O–H groups in total. The lowest BCUT2D eigenvalue weighted by Crippen LogP contribution is -2.55. The molecule has 3 heterocycles. The molecule has 2 atom stereocenters. The molecule has 0 amide bonds. The van der Waals surface area contributed by atoms with Gasteiger partial charge in [0.1, 0.15) is 0 Å². The van der Waals surface area contributed by atoms with Crippen molar-refractivity contribution in [1.82, 2.24) is 15.1 Å². The first-order chi connectivity index (χ1) is 8.76. The molecule has 0 spiro atoms. The monoisotopic (exact) mass is 249 g/mol. The number of piperidine rings is 1. The van der Waals surface area contributed by atoms with E-state index in [0.717, 1.165) is 38.2 Å². The van der Waals surface area contributed by atoms with Gasteiger partial charge in [-0.2, -0.15) is 5.10 Å². The minimum absolute atomic E-state index is 0.125. The van der Waals surface area contributed by atoms with E-state index in [-0.39, 0.29) is 11.7 Å². The number of hydrogen-bond acceptors (Lipinski definition) is 4. The molecule has 18 heavy (non-hydrogen) atoms. The first kappa shape index (κ1) is 11.9. The number of ketones is 1. The van der Waals surface area contributed by atoms with Crippen LogP contribution in [0.3, 0.4) is 0 Å². The van der Waals surface area contributed by atoms with Crippen LogP contribution in [0.15, 0.2) is 12.4 Å². The SMILES string of the molecule is CCn1cc(C(=O)C2CC3COCC(C2)N3)cn1. The van der Waals surface area contributed by atoms with Crippen LogP contribution in [-0.4, -0.2) is 40.9 Å².